The SMILES string of the molecule is CCNC(=O)Cc1ccc(Nc2cc(-c3c(F)cccc3Cl)nc3c[nH]c(O)c23)nc1. The number of pyridine rings is 2. The van der Waals surface area contributed by atoms with Gasteiger partial charge in [-0.1, -0.05) is 23.7 Å². The minimum absolute atomic E-state index is 0.0792. The molecule has 0 atom stereocenters. The summed E-state index contributed by atoms with van der Waals surface area (Å²) >= 11 is 6.21. The van der Waals surface area contributed by atoms with Crippen LogP contribution < -0.4 is 10.6 Å². The predicted molar refractivity (Wildman–Crippen MR) is 118 cm³/mol. The Morgan fingerprint density at radius 2 is 2.13 bits per heavy atom. The van der Waals surface area contributed by atoms with Crippen molar-refractivity contribution >= 4 is 39.9 Å². The Kier molecular flexibility index (Phi) is 5.73. The molecule has 0 bridgehead atoms. The van der Waals surface area contributed by atoms with Crippen molar-refractivity contribution in [3.05, 3.63) is 65.2 Å². The molecule has 158 valence electrons. The Bertz CT molecular complexity index is 1240. The number of hydrogen-bond acceptors (Lipinski definition) is 5. The third kappa shape index (κ3) is 4.29. The molecule has 0 aliphatic carbocycles. The van der Waals surface area contributed by atoms with E-state index in [0.717, 1.165) is 5.56 Å². The molecule has 3 heterocycles. The van der Waals surface area contributed by atoms with Crippen LogP contribution in [0.4, 0.5) is 15.9 Å². The Hall–Kier alpha value is -3.65. The minimum atomic E-state index is -0.502. The van der Waals surface area contributed by atoms with Crippen LogP contribution in [0.25, 0.3) is 22.2 Å². The van der Waals surface area contributed by atoms with Crippen molar-refractivity contribution < 1.29 is 14.3 Å². The first-order valence-corrected chi connectivity index (χ1v) is 9.98. The van der Waals surface area contributed by atoms with Gasteiger partial charge in [-0.2, -0.15) is 0 Å². The molecule has 1 aromatic carbocycles. The lowest BCUT2D eigenvalue weighted by molar-refractivity contribution is -0.120. The molecule has 0 saturated carbocycles. The number of aromatic hydroxyl groups is 1. The number of aromatic nitrogens is 3. The zero-order valence-electron chi connectivity index (χ0n) is 16.5. The van der Waals surface area contributed by atoms with Crippen molar-refractivity contribution in [3.8, 4) is 17.1 Å². The summed E-state index contributed by atoms with van der Waals surface area (Å²) in [5, 5.41) is 16.8. The van der Waals surface area contributed by atoms with E-state index in [9.17, 15) is 14.3 Å². The monoisotopic (exact) mass is 439 g/mol. The number of carbonyl (C=O) groups is 1. The van der Waals surface area contributed by atoms with Crippen LogP contribution in [0.1, 0.15) is 12.5 Å². The molecule has 0 radical (unpaired) electrons. The molecule has 0 aliphatic heterocycles. The van der Waals surface area contributed by atoms with Gasteiger partial charge in [0.05, 0.1) is 39.3 Å². The molecule has 4 aromatic rings. The fraction of sp³-hybridized carbons (Fsp3) is 0.136. The summed E-state index contributed by atoms with van der Waals surface area (Å²) in [4.78, 5) is 23.2. The number of nitrogens with zero attached hydrogens (tertiary/aromatic N) is 2. The van der Waals surface area contributed by atoms with E-state index in [1.807, 2.05) is 6.92 Å². The van der Waals surface area contributed by atoms with Crippen LogP contribution in [0, 0.1) is 5.82 Å². The topological polar surface area (TPSA) is 103 Å². The molecule has 0 aliphatic rings. The highest BCUT2D eigenvalue weighted by atomic mass is 35.5. The number of halogens is 2. The second-order valence-corrected chi connectivity index (χ2v) is 7.26. The van der Waals surface area contributed by atoms with Crippen molar-refractivity contribution in [2.24, 2.45) is 0 Å². The molecule has 4 rings (SSSR count). The zero-order chi connectivity index (χ0) is 22.0. The fourth-order valence-corrected chi connectivity index (χ4v) is 3.54. The second kappa shape index (κ2) is 8.61. The van der Waals surface area contributed by atoms with Crippen molar-refractivity contribution in [2.45, 2.75) is 13.3 Å². The highest BCUT2D eigenvalue weighted by molar-refractivity contribution is 6.33. The third-order valence-corrected chi connectivity index (χ3v) is 4.99. The van der Waals surface area contributed by atoms with E-state index in [4.69, 9.17) is 11.6 Å². The number of rotatable bonds is 6. The molecule has 3 aromatic heterocycles. The maximum Gasteiger partial charge on any atom is 0.224 e. The Morgan fingerprint density at radius 3 is 2.84 bits per heavy atom. The Morgan fingerprint density at radius 1 is 1.29 bits per heavy atom. The quantitative estimate of drug-likeness (QED) is 0.353. The van der Waals surface area contributed by atoms with E-state index >= 15 is 0 Å². The number of likely N-dealkylation sites (N-methyl/N-ethyl adjacent to an activating group) is 1. The second-order valence-electron chi connectivity index (χ2n) is 6.86. The smallest absolute Gasteiger partial charge is 0.224 e. The van der Waals surface area contributed by atoms with Crippen LogP contribution in [0.3, 0.4) is 0 Å². The predicted octanol–water partition coefficient (Wildman–Crippen LogP) is 4.55. The van der Waals surface area contributed by atoms with Crippen LogP contribution in [0.2, 0.25) is 5.02 Å². The van der Waals surface area contributed by atoms with Gasteiger partial charge in [0, 0.05) is 18.9 Å². The van der Waals surface area contributed by atoms with Gasteiger partial charge in [0.25, 0.3) is 0 Å². The number of aromatic amines is 1. The van der Waals surface area contributed by atoms with Gasteiger partial charge in [-0.05, 0) is 36.8 Å². The average molecular weight is 440 g/mol. The van der Waals surface area contributed by atoms with E-state index in [1.54, 1.807) is 30.5 Å². The van der Waals surface area contributed by atoms with Crippen LogP contribution >= 0.6 is 11.6 Å². The summed E-state index contributed by atoms with van der Waals surface area (Å²) in [6.45, 7) is 2.43. The maximum absolute atomic E-state index is 14.5. The minimum Gasteiger partial charge on any atom is -0.494 e. The molecule has 0 saturated heterocycles. The average Bonchev–Trinajstić information content (AvgIpc) is 3.11. The molecule has 1 amide bonds. The van der Waals surface area contributed by atoms with Crippen LogP contribution in [0.15, 0.2) is 48.8 Å². The molecule has 0 fully saturated rings. The number of nitrogens with one attached hydrogen (secondary N) is 3. The Balaban J connectivity index is 1.70. The van der Waals surface area contributed by atoms with Crippen LogP contribution in [0.5, 0.6) is 5.88 Å². The molecule has 0 spiro atoms. The van der Waals surface area contributed by atoms with E-state index in [0.29, 0.717) is 34.6 Å². The number of amides is 1. The van der Waals surface area contributed by atoms with Crippen molar-refractivity contribution in [1.29, 1.82) is 0 Å². The lowest BCUT2D eigenvalue weighted by Crippen LogP contribution is -2.24. The van der Waals surface area contributed by atoms with Gasteiger partial charge in [-0.3, -0.25) is 4.79 Å². The first-order chi connectivity index (χ1) is 15.0. The number of benzene rings is 1. The molecule has 7 nitrogen and oxygen atoms in total. The zero-order valence-corrected chi connectivity index (χ0v) is 17.3. The molecular formula is C22H19ClFN5O2. The van der Waals surface area contributed by atoms with Gasteiger partial charge >= 0.3 is 0 Å². The standard InChI is InChI=1S/C22H19ClFN5O2/c1-2-25-19(30)8-12-6-7-18(26-10-12)29-16-9-15(20-13(23)4-3-5-14(20)24)28-17-11-27-22(31)21(16)17/h3-7,9-11,27,31H,2,8H2,1H3,(H,25,30)(H,26,29). The number of carbonyl (C=O) groups excluding carboxylic acids is 1. The molecule has 9 heteroatoms. The summed E-state index contributed by atoms with van der Waals surface area (Å²) in [6.07, 6.45) is 3.35. The van der Waals surface area contributed by atoms with Gasteiger partial charge in [0.2, 0.25) is 5.91 Å². The number of anilines is 2. The number of fused-ring (bicyclic) bond motifs is 1. The summed E-state index contributed by atoms with van der Waals surface area (Å²) in [6, 6.07) is 9.53. The number of hydrogen-bond donors (Lipinski definition) is 4. The highest BCUT2D eigenvalue weighted by Crippen LogP contribution is 2.37. The van der Waals surface area contributed by atoms with Crippen molar-refractivity contribution in [3.63, 3.8) is 0 Å². The van der Waals surface area contributed by atoms with Crippen molar-refractivity contribution in [2.75, 3.05) is 11.9 Å². The molecule has 4 N–H and O–H groups in total. The van der Waals surface area contributed by atoms with Crippen LogP contribution in [-0.4, -0.2) is 32.5 Å². The normalized spacial score (nSPS) is 10.9. The molecule has 0 unspecified atom stereocenters. The molecular weight excluding hydrogens is 421 g/mol. The molecule has 31 heavy (non-hydrogen) atoms. The van der Waals surface area contributed by atoms with Crippen LogP contribution in [-0.2, 0) is 11.2 Å². The number of H-pyrrole nitrogens is 1. The summed E-state index contributed by atoms with van der Waals surface area (Å²) in [5.41, 5.74) is 2.15. The largest absolute Gasteiger partial charge is 0.494 e. The third-order valence-electron chi connectivity index (χ3n) is 4.67. The highest BCUT2D eigenvalue weighted by Gasteiger charge is 2.17. The van der Waals surface area contributed by atoms with Gasteiger partial charge in [0.15, 0.2) is 5.88 Å². The maximum atomic E-state index is 14.5. The lowest BCUT2D eigenvalue weighted by atomic mass is 10.1. The van der Waals surface area contributed by atoms with Gasteiger partial charge < -0.3 is 20.7 Å². The summed E-state index contributed by atoms with van der Waals surface area (Å²) in [7, 11) is 0. The van der Waals surface area contributed by atoms with Gasteiger partial charge in [0.1, 0.15) is 11.6 Å². The fourth-order valence-electron chi connectivity index (χ4n) is 3.28. The van der Waals surface area contributed by atoms with E-state index in [-0.39, 0.29) is 28.8 Å². The first-order valence-electron chi connectivity index (χ1n) is 9.60. The lowest BCUT2D eigenvalue weighted by Gasteiger charge is -2.12. The van der Waals surface area contributed by atoms with E-state index in [1.165, 1.54) is 18.3 Å². The van der Waals surface area contributed by atoms with Crippen molar-refractivity contribution in [1.82, 2.24) is 20.3 Å². The summed E-state index contributed by atoms with van der Waals surface area (Å²) < 4.78 is 14.5. The van der Waals surface area contributed by atoms with Gasteiger partial charge in [-0.25, -0.2) is 14.4 Å². The van der Waals surface area contributed by atoms with E-state index < -0.39 is 5.82 Å². The van der Waals surface area contributed by atoms with E-state index in [2.05, 4.69) is 25.6 Å². The van der Waals surface area contributed by atoms with Gasteiger partial charge in [-0.15, -0.1) is 0 Å². The summed E-state index contributed by atoms with van der Waals surface area (Å²) in [5.74, 6) is -0.176. The first kappa shape index (κ1) is 20.6. The Labute approximate surface area is 182 Å².